The van der Waals surface area contributed by atoms with E-state index in [1.54, 1.807) is 0 Å². The van der Waals surface area contributed by atoms with Gasteiger partial charge in [-0.15, -0.1) is 0 Å². The van der Waals surface area contributed by atoms with Gasteiger partial charge in [-0.25, -0.2) is 4.79 Å². The second-order valence-corrected chi connectivity index (χ2v) is 5.50. The second-order valence-electron chi connectivity index (χ2n) is 4.40. The van der Waals surface area contributed by atoms with E-state index in [4.69, 9.17) is 39.1 Å². The normalized spacial score (nSPS) is 9.70. The van der Waals surface area contributed by atoms with Crippen LogP contribution < -0.4 is 11.1 Å². The fourth-order valence-electron chi connectivity index (χ4n) is 0.920. The summed E-state index contributed by atoms with van der Waals surface area (Å²) in [6.45, 7) is 9.08. The summed E-state index contributed by atoms with van der Waals surface area (Å²) in [7, 11) is 0. The Bertz CT molecular complexity index is 244. The molecule has 0 unspecified atom stereocenters. The van der Waals surface area contributed by atoms with E-state index in [1.807, 2.05) is 0 Å². The van der Waals surface area contributed by atoms with Crippen LogP contribution in [-0.4, -0.2) is 45.6 Å². The van der Waals surface area contributed by atoms with Crippen LogP contribution in [0, 0.1) is 0 Å². The van der Waals surface area contributed by atoms with Crippen molar-refractivity contribution in [3.8, 4) is 0 Å². The molecule has 0 rings (SSSR count). The van der Waals surface area contributed by atoms with E-state index in [-0.39, 0.29) is 6.42 Å². The molecular formula is C12H26Cl2N2O4. The lowest BCUT2D eigenvalue weighted by Gasteiger charge is -2.10. The lowest BCUT2D eigenvalue weighted by molar-refractivity contribution is -0.137. The monoisotopic (exact) mass is 332 g/mol. The Labute approximate surface area is 130 Å². The maximum absolute atomic E-state index is 9.70. The molecule has 0 aliphatic heterocycles. The van der Waals surface area contributed by atoms with Crippen molar-refractivity contribution >= 4 is 35.1 Å². The van der Waals surface area contributed by atoms with Gasteiger partial charge in [0, 0.05) is 18.5 Å². The molecule has 0 heterocycles. The molecule has 0 aliphatic carbocycles. The minimum Gasteiger partial charge on any atom is -0.481 e. The van der Waals surface area contributed by atoms with Gasteiger partial charge in [0.1, 0.15) is 0 Å². The molecule has 20 heavy (non-hydrogen) atoms. The average molecular weight is 333 g/mol. The van der Waals surface area contributed by atoms with Crippen LogP contribution in [0.4, 0.5) is 0 Å². The van der Waals surface area contributed by atoms with Crippen molar-refractivity contribution in [3.63, 3.8) is 0 Å². The molecule has 0 saturated heterocycles. The number of alkyl halides is 2. The maximum Gasteiger partial charge on any atom is 0.337 e. The van der Waals surface area contributed by atoms with Crippen molar-refractivity contribution in [1.82, 2.24) is 5.32 Å². The summed E-state index contributed by atoms with van der Waals surface area (Å²) >= 11 is 9.56. The Balaban J connectivity index is -0.000000218. The summed E-state index contributed by atoms with van der Waals surface area (Å²) in [4.78, 5) is 17.9. The van der Waals surface area contributed by atoms with Gasteiger partial charge < -0.3 is 21.3 Å². The van der Waals surface area contributed by atoms with Crippen LogP contribution in [0.15, 0.2) is 0 Å². The van der Waals surface area contributed by atoms with Crippen molar-refractivity contribution in [2.75, 3.05) is 6.54 Å². The highest BCUT2D eigenvalue weighted by Gasteiger charge is 2.05. The van der Waals surface area contributed by atoms with E-state index in [0.717, 1.165) is 0 Å². The smallest absolute Gasteiger partial charge is 0.337 e. The van der Waals surface area contributed by atoms with Gasteiger partial charge in [-0.2, -0.15) is 0 Å². The second kappa shape index (κ2) is 16.5. The van der Waals surface area contributed by atoms with Crippen LogP contribution >= 0.6 is 23.2 Å². The van der Waals surface area contributed by atoms with Crippen LogP contribution in [0.5, 0.6) is 0 Å². The summed E-state index contributed by atoms with van der Waals surface area (Å²) in [6, 6.07) is 1.25. The Kier molecular flexibility index (Phi) is 20.2. The van der Waals surface area contributed by atoms with E-state index in [9.17, 15) is 9.59 Å². The van der Waals surface area contributed by atoms with Gasteiger partial charge in [-0.1, -0.05) is 50.9 Å². The number of nitrogens with one attached hydrogen (secondary N) is 1. The van der Waals surface area contributed by atoms with E-state index >= 15 is 0 Å². The standard InChI is InChI=1S/C6H15N.C4H9NO2.C2H2Cl2O2/c1-5(2)7-6(3)4;5-3-1-2-4(6)7;3-1(4)2(5)6/h5-7H,1-4H3;1-3,5H2,(H,6,7);1H,(H,5,6). The van der Waals surface area contributed by atoms with E-state index in [2.05, 4.69) is 33.0 Å². The number of carbonyl (C=O) groups is 2. The van der Waals surface area contributed by atoms with Crippen molar-refractivity contribution in [1.29, 1.82) is 0 Å². The van der Waals surface area contributed by atoms with Crippen LogP contribution in [0.1, 0.15) is 40.5 Å². The highest BCUT2D eigenvalue weighted by atomic mass is 35.5. The number of nitrogens with two attached hydrogens (primary N) is 1. The average Bonchev–Trinajstić information content (AvgIpc) is 2.25. The summed E-state index contributed by atoms with van der Waals surface area (Å²) in [5.41, 5.74) is 5.01. The zero-order valence-corrected chi connectivity index (χ0v) is 13.9. The molecule has 0 saturated carbocycles. The first kappa shape index (κ1) is 24.5. The van der Waals surface area contributed by atoms with E-state index in [1.165, 1.54) is 0 Å². The zero-order chi connectivity index (χ0) is 16.7. The fraction of sp³-hybridized carbons (Fsp3) is 0.833. The van der Waals surface area contributed by atoms with Crippen LogP contribution in [0.25, 0.3) is 0 Å². The van der Waals surface area contributed by atoms with Crippen LogP contribution in [0.3, 0.4) is 0 Å². The first-order chi connectivity index (χ1) is 9.04. The molecule has 5 N–H and O–H groups in total. The molecule has 0 fully saturated rings. The van der Waals surface area contributed by atoms with E-state index in [0.29, 0.717) is 25.0 Å². The maximum atomic E-state index is 9.70. The third-order valence-electron chi connectivity index (χ3n) is 1.45. The van der Waals surface area contributed by atoms with Gasteiger partial charge in [0.15, 0.2) is 0 Å². The molecule has 0 aliphatic rings. The minimum absolute atomic E-state index is 0.191. The summed E-state index contributed by atoms with van der Waals surface area (Å²) in [5, 5.41) is 19.0. The lowest BCUT2D eigenvalue weighted by Crippen LogP contribution is -2.29. The SMILES string of the molecule is CC(C)NC(C)C.NCCCC(=O)O.O=C(O)C(Cl)Cl. The highest BCUT2D eigenvalue weighted by Crippen LogP contribution is 1.98. The van der Waals surface area contributed by atoms with Gasteiger partial charge in [0.25, 0.3) is 0 Å². The van der Waals surface area contributed by atoms with Gasteiger partial charge in [0.2, 0.25) is 4.84 Å². The number of aliphatic carboxylic acids is 2. The molecule has 0 atom stereocenters. The highest BCUT2D eigenvalue weighted by molar-refractivity contribution is 6.52. The number of halogens is 2. The first-order valence-corrected chi connectivity index (χ1v) is 7.10. The van der Waals surface area contributed by atoms with Crippen molar-refractivity contribution < 1.29 is 19.8 Å². The largest absolute Gasteiger partial charge is 0.481 e. The molecule has 0 radical (unpaired) electrons. The quantitative estimate of drug-likeness (QED) is 0.554. The number of hydrogen-bond acceptors (Lipinski definition) is 4. The summed E-state index contributed by atoms with van der Waals surface area (Å²) < 4.78 is 0. The molecule has 0 amide bonds. The van der Waals surface area contributed by atoms with Gasteiger partial charge in [-0.05, 0) is 13.0 Å². The lowest BCUT2D eigenvalue weighted by atomic mass is 10.3. The summed E-state index contributed by atoms with van der Waals surface area (Å²) in [6.07, 6.45) is 0.770. The molecule has 0 aromatic carbocycles. The molecule has 0 bridgehead atoms. The first-order valence-electron chi connectivity index (χ1n) is 6.23. The third-order valence-corrected chi connectivity index (χ3v) is 1.82. The molecule has 0 spiro atoms. The fourth-order valence-corrected chi connectivity index (χ4v) is 0.920. The van der Waals surface area contributed by atoms with Crippen molar-refractivity contribution in [2.24, 2.45) is 5.73 Å². The zero-order valence-electron chi connectivity index (χ0n) is 12.4. The van der Waals surface area contributed by atoms with Crippen LogP contribution in [-0.2, 0) is 9.59 Å². The Hall–Kier alpha value is -0.560. The van der Waals surface area contributed by atoms with Gasteiger partial charge >= 0.3 is 11.9 Å². The van der Waals surface area contributed by atoms with Crippen molar-refractivity contribution in [3.05, 3.63) is 0 Å². The van der Waals surface area contributed by atoms with Gasteiger partial charge in [0.05, 0.1) is 0 Å². The number of carboxylic acid groups (broad SMARTS) is 2. The van der Waals surface area contributed by atoms with Gasteiger partial charge in [-0.3, -0.25) is 4.79 Å². The van der Waals surface area contributed by atoms with Crippen molar-refractivity contribution in [2.45, 2.75) is 57.5 Å². The molecule has 6 nitrogen and oxygen atoms in total. The van der Waals surface area contributed by atoms with Crippen LogP contribution in [0.2, 0.25) is 0 Å². The molecule has 0 aromatic rings. The molecule has 8 heteroatoms. The Morgan fingerprint density at radius 2 is 1.45 bits per heavy atom. The summed E-state index contributed by atoms with van der Waals surface area (Å²) in [5.74, 6) is -1.98. The Morgan fingerprint density at radius 3 is 1.50 bits per heavy atom. The number of hydrogen-bond donors (Lipinski definition) is 4. The molecule has 122 valence electrons. The topological polar surface area (TPSA) is 113 Å². The van der Waals surface area contributed by atoms with E-state index < -0.39 is 16.8 Å². The molecular weight excluding hydrogens is 307 g/mol. The predicted molar refractivity (Wildman–Crippen MR) is 82.5 cm³/mol. The third kappa shape index (κ3) is 36.0. The predicted octanol–water partition coefficient (Wildman–Crippen LogP) is 2.08. The Morgan fingerprint density at radius 1 is 1.10 bits per heavy atom. The number of carboxylic acids is 2. The number of rotatable bonds is 6. The molecule has 0 aromatic heterocycles. The minimum atomic E-state index is -1.29.